The molecule has 12 heavy (non-hydrogen) atoms. The largest absolute Gasteiger partial charge is 0.387 e. The molecule has 1 aromatic rings. The van der Waals surface area contributed by atoms with Crippen molar-refractivity contribution in [3.63, 3.8) is 0 Å². The van der Waals surface area contributed by atoms with E-state index < -0.39 is 0 Å². The predicted molar refractivity (Wildman–Crippen MR) is 53.6 cm³/mol. The van der Waals surface area contributed by atoms with Gasteiger partial charge in [0, 0.05) is 6.08 Å². The van der Waals surface area contributed by atoms with Crippen LogP contribution in [0.4, 0.5) is 0 Å². The van der Waals surface area contributed by atoms with Gasteiger partial charge in [0.25, 0.3) is 0 Å². The number of benzene rings is 1. The first-order chi connectivity index (χ1) is 5.83. The lowest BCUT2D eigenvalue weighted by Crippen LogP contribution is -2.15. The minimum atomic E-state index is -0.0227. The van der Waals surface area contributed by atoms with Crippen LogP contribution in [0.25, 0.3) is 6.08 Å². The van der Waals surface area contributed by atoms with Crippen molar-refractivity contribution in [3.05, 3.63) is 42.0 Å². The average molecular weight is 177 g/mol. The highest BCUT2D eigenvalue weighted by molar-refractivity contribution is 6.17. The van der Waals surface area contributed by atoms with Crippen LogP contribution in [0.15, 0.2) is 36.4 Å². The molecule has 0 aromatic heterocycles. The average Bonchev–Trinajstić information content (AvgIpc) is 2.16. The van der Waals surface area contributed by atoms with Gasteiger partial charge in [-0.2, -0.15) is 0 Å². The molecular formula is C9H11NOSi. The van der Waals surface area contributed by atoms with Gasteiger partial charge in [-0.1, -0.05) is 30.3 Å². The number of rotatable bonds is 2. The number of nitrogens with one attached hydrogen (secondary N) is 1. The molecule has 62 valence electrons. The van der Waals surface area contributed by atoms with Crippen LogP contribution in [0.3, 0.4) is 0 Å². The monoisotopic (exact) mass is 177 g/mol. The molecule has 0 saturated heterocycles. The lowest BCUT2D eigenvalue weighted by Gasteiger charge is -1.91. The summed E-state index contributed by atoms with van der Waals surface area (Å²) < 4.78 is 0. The summed E-state index contributed by atoms with van der Waals surface area (Å²) in [7, 11) is 0.699. The van der Waals surface area contributed by atoms with Crippen molar-refractivity contribution in [2.24, 2.45) is 0 Å². The van der Waals surface area contributed by atoms with E-state index in [1.54, 1.807) is 12.2 Å². The van der Waals surface area contributed by atoms with Gasteiger partial charge in [-0.3, -0.25) is 4.79 Å². The third-order valence-electron chi connectivity index (χ3n) is 1.47. The summed E-state index contributed by atoms with van der Waals surface area (Å²) in [6.45, 7) is 0. The summed E-state index contributed by atoms with van der Waals surface area (Å²) in [4.78, 5) is 13.5. The highest BCUT2D eigenvalue weighted by atomic mass is 28.2. The molecule has 0 atom stereocenters. The van der Waals surface area contributed by atoms with E-state index in [-0.39, 0.29) is 5.91 Å². The van der Waals surface area contributed by atoms with Crippen molar-refractivity contribution in [1.29, 1.82) is 0 Å². The zero-order valence-electron chi connectivity index (χ0n) is 6.95. The van der Waals surface area contributed by atoms with E-state index in [1.165, 1.54) is 0 Å². The third kappa shape index (κ3) is 2.71. The molecule has 0 saturated carbocycles. The van der Waals surface area contributed by atoms with Gasteiger partial charge in [0.1, 0.15) is 10.4 Å². The van der Waals surface area contributed by atoms with Gasteiger partial charge in [0.15, 0.2) is 0 Å². The minimum absolute atomic E-state index is 0.0227. The Morgan fingerprint density at radius 1 is 1.33 bits per heavy atom. The highest BCUT2D eigenvalue weighted by Crippen LogP contribution is 1.99. The normalized spacial score (nSPS) is 10.3. The van der Waals surface area contributed by atoms with Crippen LogP contribution in [0.2, 0.25) is 0 Å². The SMILES string of the molecule is O=C(C=Cc1ccccc1)N[SiH3]. The van der Waals surface area contributed by atoms with E-state index >= 15 is 0 Å². The Bertz CT molecular complexity index is 282. The summed E-state index contributed by atoms with van der Waals surface area (Å²) in [5.41, 5.74) is 1.04. The summed E-state index contributed by atoms with van der Waals surface area (Å²) >= 11 is 0. The highest BCUT2D eigenvalue weighted by Gasteiger charge is 1.87. The Hall–Kier alpha value is -1.35. The molecule has 3 heteroatoms. The molecule has 0 spiro atoms. The van der Waals surface area contributed by atoms with Crippen molar-refractivity contribution >= 4 is 22.4 Å². The molecule has 0 aliphatic heterocycles. The third-order valence-corrected chi connectivity index (χ3v) is 1.97. The second-order valence-corrected chi connectivity index (χ2v) is 2.86. The molecule has 0 aliphatic rings. The molecule has 1 amide bonds. The number of carbonyl (C=O) groups is 1. The Morgan fingerprint density at radius 3 is 2.58 bits per heavy atom. The lowest BCUT2D eigenvalue weighted by molar-refractivity contribution is -0.114. The second kappa shape index (κ2) is 4.51. The zero-order valence-corrected chi connectivity index (χ0v) is 8.95. The number of carbonyl (C=O) groups excluding carboxylic acids is 1. The van der Waals surface area contributed by atoms with Crippen molar-refractivity contribution < 1.29 is 4.79 Å². The maximum absolute atomic E-state index is 10.8. The van der Waals surface area contributed by atoms with E-state index in [0.717, 1.165) is 5.56 Å². The summed E-state index contributed by atoms with van der Waals surface area (Å²) in [6.07, 6.45) is 3.34. The number of amides is 1. The van der Waals surface area contributed by atoms with Crippen LogP contribution in [0.1, 0.15) is 5.56 Å². The standard InChI is InChI=1S/C9H11NOSi/c11-9(10-12)7-6-8-4-2-1-3-5-8/h1-7H,12H3,(H,10,11). The van der Waals surface area contributed by atoms with Crippen LogP contribution in [0, 0.1) is 0 Å². The van der Waals surface area contributed by atoms with Crippen molar-refractivity contribution in [2.45, 2.75) is 0 Å². The molecule has 0 bridgehead atoms. The van der Waals surface area contributed by atoms with Crippen LogP contribution >= 0.6 is 0 Å². The van der Waals surface area contributed by atoms with Gasteiger partial charge in [0.2, 0.25) is 5.91 Å². The van der Waals surface area contributed by atoms with Gasteiger partial charge in [-0.05, 0) is 11.6 Å². The van der Waals surface area contributed by atoms with Crippen molar-refractivity contribution in [1.82, 2.24) is 4.98 Å². The van der Waals surface area contributed by atoms with E-state index in [4.69, 9.17) is 0 Å². The van der Waals surface area contributed by atoms with Gasteiger partial charge < -0.3 is 4.98 Å². The van der Waals surface area contributed by atoms with Crippen LogP contribution in [0.5, 0.6) is 0 Å². The van der Waals surface area contributed by atoms with Crippen LogP contribution < -0.4 is 4.98 Å². The number of hydrogen-bond donors (Lipinski definition) is 1. The summed E-state index contributed by atoms with van der Waals surface area (Å²) in [5.74, 6) is -0.0227. The fraction of sp³-hybridized carbons (Fsp3) is 0. The molecule has 0 aliphatic carbocycles. The maximum atomic E-state index is 10.8. The topological polar surface area (TPSA) is 29.1 Å². The Morgan fingerprint density at radius 2 is 2.00 bits per heavy atom. The summed E-state index contributed by atoms with van der Waals surface area (Å²) in [5, 5.41) is 0. The van der Waals surface area contributed by atoms with Crippen LogP contribution in [-0.2, 0) is 4.79 Å². The summed E-state index contributed by atoms with van der Waals surface area (Å²) in [6, 6.07) is 9.74. The van der Waals surface area contributed by atoms with Crippen molar-refractivity contribution in [3.8, 4) is 0 Å². The lowest BCUT2D eigenvalue weighted by atomic mass is 10.2. The molecule has 0 unspecified atom stereocenters. The molecule has 1 rings (SSSR count). The van der Waals surface area contributed by atoms with E-state index in [2.05, 4.69) is 4.98 Å². The Labute approximate surface area is 74.8 Å². The zero-order chi connectivity index (χ0) is 8.81. The van der Waals surface area contributed by atoms with E-state index in [1.807, 2.05) is 30.3 Å². The smallest absolute Gasteiger partial charge is 0.235 e. The predicted octanol–water partition coefficient (Wildman–Crippen LogP) is 0.0964. The molecular weight excluding hydrogens is 166 g/mol. The first-order valence-corrected chi connectivity index (χ1v) is 4.78. The maximum Gasteiger partial charge on any atom is 0.235 e. The van der Waals surface area contributed by atoms with Gasteiger partial charge in [-0.25, -0.2) is 0 Å². The Balaban J connectivity index is 2.64. The van der Waals surface area contributed by atoms with E-state index in [0.29, 0.717) is 10.4 Å². The molecule has 2 nitrogen and oxygen atoms in total. The van der Waals surface area contributed by atoms with Crippen molar-refractivity contribution in [2.75, 3.05) is 0 Å². The van der Waals surface area contributed by atoms with Gasteiger partial charge in [0.05, 0.1) is 0 Å². The molecule has 1 N–H and O–H groups in total. The van der Waals surface area contributed by atoms with Crippen LogP contribution in [-0.4, -0.2) is 16.3 Å². The second-order valence-electron chi connectivity index (χ2n) is 2.36. The first kappa shape index (κ1) is 8.74. The fourth-order valence-corrected chi connectivity index (χ4v) is 0.986. The number of hydrogen-bond acceptors (Lipinski definition) is 1. The fourth-order valence-electron chi connectivity index (χ4n) is 0.819. The van der Waals surface area contributed by atoms with E-state index in [9.17, 15) is 4.79 Å². The Kier molecular flexibility index (Phi) is 3.28. The molecule has 0 fully saturated rings. The molecule has 0 radical (unpaired) electrons. The minimum Gasteiger partial charge on any atom is -0.387 e. The molecule has 0 heterocycles. The first-order valence-electron chi connectivity index (χ1n) is 3.78. The molecule has 1 aromatic carbocycles. The van der Waals surface area contributed by atoms with Gasteiger partial charge >= 0.3 is 0 Å². The quantitative estimate of drug-likeness (QED) is 0.504. The van der Waals surface area contributed by atoms with Gasteiger partial charge in [-0.15, -0.1) is 0 Å².